The van der Waals surface area contributed by atoms with Gasteiger partial charge in [-0.3, -0.25) is 4.79 Å². The van der Waals surface area contributed by atoms with Crippen LogP contribution in [0.5, 0.6) is 5.75 Å². The first-order valence-corrected chi connectivity index (χ1v) is 9.83. The summed E-state index contributed by atoms with van der Waals surface area (Å²) >= 11 is 6.25. The second-order valence-corrected chi connectivity index (χ2v) is 8.20. The molecule has 2 aliphatic rings. The molecule has 144 valence electrons. The molecule has 2 aromatic rings. The largest absolute Gasteiger partial charge is 0.486 e. The number of benzene rings is 1. The van der Waals surface area contributed by atoms with Crippen molar-refractivity contribution in [2.45, 2.75) is 26.7 Å². The summed E-state index contributed by atoms with van der Waals surface area (Å²) in [6.45, 7) is 8.06. The number of ether oxygens (including phenoxy) is 1. The van der Waals surface area contributed by atoms with Gasteiger partial charge in [-0.25, -0.2) is 0 Å². The van der Waals surface area contributed by atoms with Crippen LogP contribution in [0.1, 0.15) is 25.3 Å². The van der Waals surface area contributed by atoms with Crippen LogP contribution in [0.25, 0.3) is 5.69 Å². The van der Waals surface area contributed by atoms with Gasteiger partial charge in [0.1, 0.15) is 5.69 Å². The van der Waals surface area contributed by atoms with Gasteiger partial charge in [-0.1, -0.05) is 24.6 Å². The molecule has 1 aromatic carbocycles. The average Bonchev–Trinajstić information content (AvgIpc) is 3.41. The molecule has 0 radical (unpaired) electrons. The lowest BCUT2D eigenvalue weighted by Crippen LogP contribution is -2.44. The number of hydrogen-bond donors (Lipinski definition) is 1. The Morgan fingerprint density at radius 3 is 2.70 bits per heavy atom. The molecule has 0 amide bonds. The smallest absolute Gasteiger partial charge is 0.316 e. The minimum absolute atomic E-state index is 0.188. The van der Waals surface area contributed by atoms with E-state index in [1.165, 1.54) is 4.68 Å². The van der Waals surface area contributed by atoms with Gasteiger partial charge in [0.2, 0.25) is 5.75 Å². The van der Waals surface area contributed by atoms with E-state index in [0.29, 0.717) is 23.1 Å². The third-order valence-electron chi connectivity index (χ3n) is 5.51. The summed E-state index contributed by atoms with van der Waals surface area (Å²) in [7, 11) is 0. The van der Waals surface area contributed by atoms with Crippen molar-refractivity contribution in [2.75, 3.05) is 37.7 Å². The van der Waals surface area contributed by atoms with E-state index < -0.39 is 0 Å². The number of aromatic nitrogens is 2. The van der Waals surface area contributed by atoms with Crippen LogP contribution in [-0.4, -0.2) is 42.6 Å². The van der Waals surface area contributed by atoms with Crippen LogP contribution in [0.3, 0.4) is 0 Å². The summed E-state index contributed by atoms with van der Waals surface area (Å²) in [4.78, 5) is 15.5. The van der Waals surface area contributed by atoms with E-state index in [2.05, 4.69) is 22.2 Å². The third-order valence-corrected chi connectivity index (χ3v) is 5.92. The average molecular weight is 389 g/mol. The van der Waals surface area contributed by atoms with Crippen molar-refractivity contribution in [1.29, 1.82) is 0 Å². The maximum absolute atomic E-state index is 13.3. The van der Waals surface area contributed by atoms with Gasteiger partial charge in [-0.05, 0) is 37.5 Å². The van der Waals surface area contributed by atoms with E-state index in [1.807, 2.05) is 25.1 Å². The predicted octanol–water partition coefficient (Wildman–Crippen LogP) is 2.78. The molecule has 0 atom stereocenters. The molecule has 1 saturated carbocycles. The Kier molecular flexibility index (Phi) is 4.86. The number of hydrogen-bond acceptors (Lipinski definition) is 5. The van der Waals surface area contributed by atoms with Gasteiger partial charge in [-0.15, -0.1) is 0 Å². The zero-order valence-corrected chi connectivity index (χ0v) is 16.6. The Hall–Kier alpha value is -2.05. The molecule has 1 aliphatic heterocycles. The molecule has 2 fully saturated rings. The summed E-state index contributed by atoms with van der Waals surface area (Å²) in [5.41, 5.74) is 2.24. The molecule has 0 unspecified atom stereocenters. The fourth-order valence-electron chi connectivity index (χ4n) is 3.30. The molecule has 1 aromatic heterocycles. The Balaban J connectivity index is 1.77. The van der Waals surface area contributed by atoms with Crippen molar-refractivity contribution in [1.82, 2.24) is 15.1 Å². The van der Waals surface area contributed by atoms with Gasteiger partial charge in [0.15, 0.2) is 0 Å². The van der Waals surface area contributed by atoms with E-state index in [0.717, 1.165) is 50.3 Å². The second-order valence-electron chi connectivity index (χ2n) is 7.80. The highest BCUT2D eigenvalue weighted by Gasteiger charge is 2.38. The van der Waals surface area contributed by atoms with Gasteiger partial charge in [0, 0.05) is 36.6 Å². The number of rotatable bonds is 5. The first kappa shape index (κ1) is 18.3. The lowest BCUT2D eigenvalue weighted by molar-refractivity contribution is 0.243. The maximum atomic E-state index is 13.3. The molecular formula is C20H25ClN4O2. The van der Waals surface area contributed by atoms with Gasteiger partial charge in [0.05, 0.1) is 18.5 Å². The van der Waals surface area contributed by atoms with Gasteiger partial charge in [-0.2, -0.15) is 9.78 Å². The highest BCUT2D eigenvalue weighted by atomic mass is 35.5. The van der Waals surface area contributed by atoms with Crippen LogP contribution >= 0.6 is 11.6 Å². The lowest BCUT2D eigenvalue weighted by atomic mass is 10.2. The van der Waals surface area contributed by atoms with Crippen LogP contribution < -0.4 is 20.5 Å². The molecule has 1 saturated heterocycles. The summed E-state index contributed by atoms with van der Waals surface area (Å²) in [6.07, 6.45) is 4.03. The zero-order valence-electron chi connectivity index (χ0n) is 15.8. The minimum Gasteiger partial charge on any atom is -0.486 e. The molecule has 2 heterocycles. The van der Waals surface area contributed by atoms with E-state index in [4.69, 9.17) is 16.3 Å². The van der Waals surface area contributed by atoms with Gasteiger partial charge < -0.3 is 15.0 Å². The Bertz CT molecular complexity index is 901. The minimum atomic E-state index is -0.236. The normalized spacial score (nSPS) is 18.4. The summed E-state index contributed by atoms with van der Waals surface area (Å²) in [5, 5.41) is 8.40. The Labute approximate surface area is 164 Å². The van der Waals surface area contributed by atoms with Crippen LogP contribution in [0.4, 0.5) is 5.69 Å². The van der Waals surface area contributed by atoms with Crippen molar-refractivity contribution in [3.8, 4) is 11.4 Å². The maximum Gasteiger partial charge on any atom is 0.316 e. The summed E-state index contributed by atoms with van der Waals surface area (Å²) < 4.78 is 7.51. The van der Waals surface area contributed by atoms with Crippen molar-refractivity contribution >= 4 is 17.3 Å². The van der Waals surface area contributed by atoms with E-state index >= 15 is 0 Å². The van der Waals surface area contributed by atoms with Crippen LogP contribution in [-0.2, 0) is 0 Å². The van der Waals surface area contributed by atoms with Gasteiger partial charge in [0.25, 0.3) is 0 Å². The van der Waals surface area contributed by atoms with Crippen LogP contribution in [0.2, 0.25) is 5.02 Å². The Morgan fingerprint density at radius 2 is 2.00 bits per heavy atom. The van der Waals surface area contributed by atoms with E-state index in [-0.39, 0.29) is 11.0 Å². The molecule has 1 N–H and O–H groups in total. The molecule has 6 nitrogen and oxygen atoms in total. The van der Waals surface area contributed by atoms with Crippen molar-refractivity contribution in [3.63, 3.8) is 0 Å². The highest BCUT2D eigenvalue weighted by molar-refractivity contribution is 6.31. The van der Waals surface area contributed by atoms with Crippen molar-refractivity contribution in [3.05, 3.63) is 45.3 Å². The standard InChI is InChI=1S/C20H25ClN4O2/c1-14-15(21)4-3-5-16(14)25-19(26)18(27-13-20(2)6-7-20)17(12-23-25)24-10-8-22-9-11-24/h3-5,12,22H,6-11,13H2,1-2H3. The number of anilines is 1. The van der Waals surface area contributed by atoms with Crippen molar-refractivity contribution < 1.29 is 4.74 Å². The summed E-state index contributed by atoms with van der Waals surface area (Å²) in [5.74, 6) is 0.388. The predicted molar refractivity (Wildman–Crippen MR) is 107 cm³/mol. The van der Waals surface area contributed by atoms with E-state index in [9.17, 15) is 4.79 Å². The van der Waals surface area contributed by atoms with Crippen molar-refractivity contribution in [2.24, 2.45) is 5.41 Å². The summed E-state index contributed by atoms with van der Waals surface area (Å²) in [6, 6.07) is 5.49. The SMILES string of the molecule is Cc1c(Cl)cccc1-n1ncc(N2CCNCC2)c(OCC2(C)CC2)c1=O. The number of nitrogens with zero attached hydrogens (tertiary/aromatic N) is 3. The molecule has 7 heteroatoms. The van der Waals surface area contributed by atoms with E-state index in [1.54, 1.807) is 6.20 Å². The molecule has 27 heavy (non-hydrogen) atoms. The fourth-order valence-corrected chi connectivity index (χ4v) is 3.47. The molecular weight excluding hydrogens is 364 g/mol. The first-order valence-electron chi connectivity index (χ1n) is 9.45. The molecule has 4 rings (SSSR count). The highest BCUT2D eigenvalue weighted by Crippen LogP contribution is 2.45. The number of nitrogens with one attached hydrogen (secondary N) is 1. The van der Waals surface area contributed by atoms with Gasteiger partial charge >= 0.3 is 5.56 Å². The Morgan fingerprint density at radius 1 is 1.26 bits per heavy atom. The zero-order chi connectivity index (χ0) is 19.0. The number of piperazine rings is 1. The first-order chi connectivity index (χ1) is 13.0. The van der Waals surface area contributed by atoms with Crippen LogP contribution in [0.15, 0.2) is 29.2 Å². The van der Waals surface area contributed by atoms with Crippen LogP contribution in [0, 0.1) is 12.3 Å². The lowest BCUT2D eigenvalue weighted by Gasteiger charge is -2.30. The second kappa shape index (κ2) is 7.17. The molecule has 0 bridgehead atoms. The molecule has 1 aliphatic carbocycles. The monoisotopic (exact) mass is 388 g/mol. The fraction of sp³-hybridized carbons (Fsp3) is 0.500. The third kappa shape index (κ3) is 3.69. The number of halogens is 1. The topological polar surface area (TPSA) is 59.4 Å². The molecule has 0 spiro atoms. The quantitative estimate of drug-likeness (QED) is 0.853.